The number of hydrogen-bond donors (Lipinski definition) is 1. The summed E-state index contributed by atoms with van der Waals surface area (Å²) in [5.41, 5.74) is 0.0959. The number of carbonyl (C=O) groups excluding carboxylic acids is 4. The fraction of sp³-hybridized carbons (Fsp3) is 0.516. The maximum Gasteiger partial charge on any atom is 0.332 e. The Bertz CT molecular complexity index is 1280. The summed E-state index contributed by atoms with van der Waals surface area (Å²) in [6, 6.07) is 9.24. The van der Waals surface area contributed by atoms with Gasteiger partial charge in [-0.1, -0.05) is 44.2 Å². The van der Waals surface area contributed by atoms with Crippen LogP contribution in [0.5, 0.6) is 11.5 Å². The second-order valence-corrected chi connectivity index (χ2v) is 11.4. The van der Waals surface area contributed by atoms with E-state index in [0.717, 1.165) is 5.56 Å². The Labute approximate surface area is 251 Å². The number of nitrogens with zero attached hydrogens (tertiary/aromatic N) is 1. The number of carbonyl (C=O) groups is 4. The predicted octanol–water partition coefficient (Wildman–Crippen LogP) is 3.26. The van der Waals surface area contributed by atoms with Crippen LogP contribution in [-0.2, 0) is 39.8 Å². The number of pyridine rings is 1. The lowest BCUT2D eigenvalue weighted by Crippen LogP contribution is -2.47. The molecule has 1 aliphatic heterocycles. The minimum atomic E-state index is -1.40. The van der Waals surface area contributed by atoms with E-state index >= 15 is 0 Å². The van der Waals surface area contributed by atoms with Crippen molar-refractivity contribution < 1.29 is 47.6 Å². The van der Waals surface area contributed by atoms with E-state index in [1.807, 2.05) is 51.1 Å². The van der Waals surface area contributed by atoms with Crippen LogP contribution in [0.2, 0.25) is 0 Å². The Morgan fingerprint density at radius 1 is 1.09 bits per heavy atom. The monoisotopic (exact) mass is 600 g/mol. The molecule has 1 fully saturated rings. The number of cyclic esters (lactones) is 2. The molecule has 0 spiro atoms. The number of ether oxygens (including phenoxy) is 6. The van der Waals surface area contributed by atoms with Crippen LogP contribution in [0.1, 0.15) is 57.6 Å². The number of nitrogens with one attached hydrogen (secondary N) is 1. The summed E-state index contributed by atoms with van der Waals surface area (Å²) >= 11 is 0. The van der Waals surface area contributed by atoms with Crippen molar-refractivity contribution >= 4 is 23.8 Å². The summed E-state index contributed by atoms with van der Waals surface area (Å²) in [5.74, 6) is -4.22. The number of hydrogen-bond acceptors (Lipinski definition) is 11. The standard InChI is InChI=1S/C31H40N2O10/c1-18(2)28(35)43-25-19(3)42-30(37)22(16-39-29(36)21(25)15-20-11-9-8-10-12-20)33-27(34)24-26(23(38-7)13-14-32-24)40-17-41-31(4,5)6/h8-14,18-19,21-22,25H,15-17H2,1-7H3,(H,33,34)/t19-,21+,22-,25-/m0/s1. The second kappa shape index (κ2) is 14.8. The van der Waals surface area contributed by atoms with Crippen LogP contribution in [0.25, 0.3) is 0 Å². The van der Waals surface area contributed by atoms with Crippen molar-refractivity contribution in [1.82, 2.24) is 10.3 Å². The Hall–Kier alpha value is -4.19. The normalized spacial score (nSPS) is 21.0. The van der Waals surface area contributed by atoms with Gasteiger partial charge in [0.25, 0.3) is 5.91 Å². The van der Waals surface area contributed by atoms with Gasteiger partial charge >= 0.3 is 17.9 Å². The van der Waals surface area contributed by atoms with Crippen molar-refractivity contribution in [3.63, 3.8) is 0 Å². The fourth-order valence-electron chi connectivity index (χ4n) is 4.13. The third-order valence-corrected chi connectivity index (χ3v) is 6.47. The van der Waals surface area contributed by atoms with Crippen LogP contribution in [-0.4, -0.2) is 73.2 Å². The maximum atomic E-state index is 13.4. The molecule has 0 saturated carbocycles. The van der Waals surface area contributed by atoms with Gasteiger partial charge < -0.3 is 33.7 Å². The minimum absolute atomic E-state index is 0.00265. The number of methoxy groups -OCH3 is 1. The lowest BCUT2D eigenvalue weighted by Gasteiger charge is -2.29. The molecule has 3 rings (SSSR count). The molecule has 2 aromatic rings. The zero-order chi connectivity index (χ0) is 31.7. The Kier molecular flexibility index (Phi) is 11.5. The van der Waals surface area contributed by atoms with Gasteiger partial charge in [-0.15, -0.1) is 0 Å². The van der Waals surface area contributed by atoms with E-state index in [9.17, 15) is 19.2 Å². The summed E-state index contributed by atoms with van der Waals surface area (Å²) in [7, 11) is 1.40. The average Bonchev–Trinajstić information content (AvgIpc) is 2.99. The van der Waals surface area contributed by atoms with Crippen LogP contribution in [0.3, 0.4) is 0 Å². The SMILES string of the molecule is COc1ccnc(C(=O)N[C@H]2COC(=O)[C@H](Cc3ccccc3)[C@@H](OC(=O)C(C)C)[C@H](C)OC2=O)c1OCOC(C)(C)C. The zero-order valence-corrected chi connectivity index (χ0v) is 25.6. The largest absolute Gasteiger partial charge is 0.493 e. The van der Waals surface area contributed by atoms with Crippen molar-refractivity contribution in [3.8, 4) is 11.5 Å². The predicted molar refractivity (Wildman–Crippen MR) is 153 cm³/mol. The van der Waals surface area contributed by atoms with Gasteiger partial charge in [-0.3, -0.25) is 14.4 Å². The number of rotatable bonds is 10. The highest BCUT2D eigenvalue weighted by Crippen LogP contribution is 2.30. The van der Waals surface area contributed by atoms with E-state index in [0.29, 0.717) is 0 Å². The minimum Gasteiger partial charge on any atom is -0.493 e. The molecule has 12 heteroatoms. The molecule has 1 saturated heterocycles. The third kappa shape index (κ3) is 9.40. The smallest absolute Gasteiger partial charge is 0.332 e. The molecule has 1 aromatic carbocycles. The van der Waals surface area contributed by atoms with Crippen molar-refractivity contribution in [3.05, 3.63) is 53.9 Å². The van der Waals surface area contributed by atoms with E-state index in [2.05, 4.69) is 10.3 Å². The molecule has 0 bridgehead atoms. The first-order valence-electron chi connectivity index (χ1n) is 14.0. The molecule has 1 N–H and O–H groups in total. The first kappa shape index (κ1) is 33.3. The number of amides is 1. The van der Waals surface area contributed by atoms with Crippen molar-refractivity contribution in [2.75, 3.05) is 20.5 Å². The summed E-state index contributed by atoms with van der Waals surface area (Å²) in [6.45, 7) is 9.63. The summed E-state index contributed by atoms with van der Waals surface area (Å²) < 4.78 is 33.5. The zero-order valence-electron chi connectivity index (χ0n) is 25.6. The van der Waals surface area contributed by atoms with E-state index in [1.165, 1.54) is 26.3 Å². The van der Waals surface area contributed by atoms with E-state index < -0.39 is 66.1 Å². The van der Waals surface area contributed by atoms with Crippen LogP contribution < -0.4 is 14.8 Å². The van der Waals surface area contributed by atoms with Gasteiger partial charge in [0.1, 0.15) is 18.6 Å². The highest BCUT2D eigenvalue weighted by atomic mass is 16.7. The van der Waals surface area contributed by atoms with Crippen molar-refractivity contribution in [1.29, 1.82) is 0 Å². The summed E-state index contributed by atoms with van der Waals surface area (Å²) in [4.78, 5) is 56.8. The highest BCUT2D eigenvalue weighted by molar-refractivity contribution is 5.98. The van der Waals surface area contributed by atoms with Crippen molar-refractivity contribution in [2.45, 2.75) is 71.8 Å². The Morgan fingerprint density at radius 3 is 2.42 bits per heavy atom. The van der Waals surface area contributed by atoms with Gasteiger partial charge in [0.15, 0.2) is 36.1 Å². The first-order chi connectivity index (χ1) is 20.3. The topological polar surface area (TPSA) is 149 Å². The van der Waals surface area contributed by atoms with Crippen LogP contribution in [0, 0.1) is 11.8 Å². The van der Waals surface area contributed by atoms with Gasteiger partial charge in [0.05, 0.1) is 18.6 Å². The van der Waals surface area contributed by atoms with Crippen LogP contribution in [0.4, 0.5) is 0 Å². The van der Waals surface area contributed by atoms with E-state index in [1.54, 1.807) is 13.8 Å². The third-order valence-electron chi connectivity index (χ3n) is 6.47. The molecule has 12 nitrogen and oxygen atoms in total. The molecule has 2 heterocycles. The van der Waals surface area contributed by atoms with Gasteiger partial charge in [-0.2, -0.15) is 0 Å². The maximum absolute atomic E-state index is 13.4. The quantitative estimate of drug-likeness (QED) is 0.243. The summed E-state index contributed by atoms with van der Waals surface area (Å²) in [6.07, 6.45) is -0.669. The molecule has 4 atom stereocenters. The molecule has 1 amide bonds. The molecular weight excluding hydrogens is 560 g/mol. The lowest BCUT2D eigenvalue weighted by atomic mass is 9.91. The highest BCUT2D eigenvalue weighted by Gasteiger charge is 2.42. The number of esters is 3. The first-order valence-corrected chi connectivity index (χ1v) is 14.0. The molecule has 1 aliphatic rings. The molecule has 1 aromatic heterocycles. The molecular formula is C31H40N2O10. The van der Waals surface area contributed by atoms with E-state index in [-0.39, 0.29) is 30.4 Å². The molecule has 234 valence electrons. The summed E-state index contributed by atoms with van der Waals surface area (Å²) in [5, 5.41) is 2.52. The lowest BCUT2D eigenvalue weighted by molar-refractivity contribution is -0.176. The fourth-order valence-corrected chi connectivity index (χ4v) is 4.13. The molecule has 43 heavy (non-hydrogen) atoms. The Balaban J connectivity index is 1.86. The van der Waals surface area contributed by atoms with Gasteiger partial charge in [0, 0.05) is 12.3 Å². The van der Waals surface area contributed by atoms with Gasteiger partial charge in [0.2, 0.25) is 0 Å². The van der Waals surface area contributed by atoms with Crippen molar-refractivity contribution in [2.24, 2.45) is 11.8 Å². The van der Waals surface area contributed by atoms with Crippen LogP contribution in [0.15, 0.2) is 42.6 Å². The van der Waals surface area contributed by atoms with Crippen LogP contribution >= 0.6 is 0 Å². The van der Waals surface area contributed by atoms with Gasteiger partial charge in [-0.05, 0) is 39.7 Å². The van der Waals surface area contributed by atoms with E-state index in [4.69, 9.17) is 28.4 Å². The Morgan fingerprint density at radius 2 is 1.79 bits per heavy atom. The molecule has 0 unspecified atom stereocenters. The average molecular weight is 601 g/mol. The second-order valence-electron chi connectivity index (χ2n) is 11.4. The number of benzene rings is 1. The van der Waals surface area contributed by atoms with Gasteiger partial charge in [-0.25, -0.2) is 9.78 Å². The molecule has 0 aliphatic carbocycles. The number of aromatic nitrogens is 1. The molecule has 0 radical (unpaired) electrons.